The minimum atomic E-state index is -0.759. The Morgan fingerprint density at radius 1 is 1.21 bits per heavy atom. The highest BCUT2D eigenvalue weighted by atomic mass is 32.2. The predicted molar refractivity (Wildman–Crippen MR) is 52.3 cm³/mol. The third kappa shape index (κ3) is 2.07. The largest absolute Gasteiger partial charge is 0.388 e. The molecule has 1 heterocycles. The Labute approximate surface area is 85.1 Å². The molecule has 1 saturated heterocycles. The van der Waals surface area contributed by atoms with Gasteiger partial charge in [0.25, 0.3) is 0 Å². The van der Waals surface area contributed by atoms with Crippen LogP contribution in [0.4, 0.5) is 8.78 Å². The van der Waals surface area contributed by atoms with Crippen LogP contribution in [0, 0.1) is 11.6 Å². The number of thioether (sulfide) groups is 1. The van der Waals surface area contributed by atoms with Gasteiger partial charge in [-0.1, -0.05) is 0 Å². The van der Waals surface area contributed by atoms with E-state index < -0.39 is 17.2 Å². The van der Waals surface area contributed by atoms with E-state index >= 15 is 0 Å². The van der Waals surface area contributed by atoms with Gasteiger partial charge in [-0.15, -0.1) is 0 Å². The van der Waals surface area contributed by atoms with Crippen molar-refractivity contribution in [2.45, 2.75) is 12.0 Å². The molecule has 76 valence electrons. The fraction of sp³-hybridized carbons (Fsp3) is 0.400. The summed E-state index contributed by atoms with van der Waals surface area (Å²) in [5.74, 6) is 0.113. The maximum Gasteiger partial charge on any atom is 0.126 e. The summed E-state index contributed by atoms with van der Waals surface area (Å²) in [5.41, 5.74) is -0.240. The van der Waals surface area contributed by atoms with Gasteiger partial charge in [-0.3, -0.25) is 0 Å². The Hall–Kier alpha value is -0.610. The predicted octanol–water partition coefficient (Wildman–Crippen LogP) is 1.99. The van der Waals surface area contributed by atoms with Gasteiger partial charge in [0.15, 0.2) is 0 Å². The second-order valence-electron chi connectivity index (χ2n) is 3.67. The lowest BCUT2D eigenvalue weighted by molar-refractivity contribution is 0.0792. The molecule has 0 aliphatic carbocycles. The normalized spacial score (nSPS) is 19.1. The lowest BCUT2D eigenvalue weighted by atomic mass is 9.97. The number of hydrogen-bond donors (Lipinski definition) is 1. The van der Waals surface area contributed by atoms with E-state index in [1.54, 1.807) is 11.8 Å². The summed E-state index contributed by atoms with van der Waals surface area (Å²) in [6, 6.07) is 3.37. The molecule has 14 heavy (non-hydrogen) atoms. The van der Waals surface area contributed by atoms with Crippen molar-refractivity contribution >= 4 is 11.8 Å². The first-order chi connectivity index (χ1) is 6.57. The van der Waals surface area contributed by atoms with Gasteiger partial charge in [0, 0.05) is 24.0 Å². The molecule has 1 aliphatic heterocycles. The van der Waals surface area contributed by atoms with Gasteiger partial charge < -0.3 is 5.11 Å². The van der Waals surface area contributed by atoms with Crippen LogP contribution in [0.3, 0.4) is 0 Å². The standard InChI is InChI=1S/C10H10F2OS/c11-8-1-7(2-9(12)3-8)4-10(13)5-14-6-10/h1-3,13H,4-6H2. The molecule has 1 aromatic carbocycles. The Morgan fingerprint density at radius 2 is 1.79 bits per heavy atom. The third-order valence-corrected chi connectivity index (χ3v) is 3.68. The van der Waals surface area contributed by atoms with Crippen LogP contribution in [0.1, 0.15) is 5.56 Å². The summed E-state index contributed by atoms with van der Waals surface area (Å²) in [6.45, 7) is 0. The van der Waals surface area contributed by atoms with Crippen molar-refractivity contribution in [1.82, 2.24) is 0 Å². The zero-order chi connectivity index (χ0) is 10.2. The summed E-state index contributed by atoms with van der Waals surface area (Å²) < 4.78 is 25.6. The van der Waals surface area contributed by atoms with E-state index in [0.29, 0.717) is 23.5 Å². The molecule has 0 saturated carbocycles. The molecular formula is C10H10F2OS. The van der Waals surface area contributed by atoms with E-state index in [2.05, 4.69) is 0 Å². The summed E-state index contributed by atoms with van der Waals surface area (Å²) in [4.78, 5) is 0. The van der Waals surface area contributed by atoms with Crippen LogP contribution < -0.4 is 0 Å². The molecule has 0 unspecified atom stereocenters. The fourth-order valence-electron chi connectivity index (χ4n) is 1.53. The zero-order valence-electron chi connectivity index (χ0n) is 7.46. The first kappa shape index (κ1) is 9.93. The molecule has 1 aliphatic rings. The van der Waals surface area contributed by atoms with Crippen molar-refractivity contribution in [3.63, 3.8) is 0 Å². The fourth-order valence-corrected chi connectivity index (χ4v) is 2.41. The van der Waals surface area contributed by atoms with Crippen LogP contribution in [-0.2, 0) is 6.42 Å². The van der Waals surface area contributed by atoms with E-state index in [0.717, 1.165) is 6.07 Å². The van der Waals surface area contributed by atoms with Crippen LogP contribution in [-0.4, -0.2) is 22.2 Å². The second-order valence-corrected chi connectivity index (χ2v) is 4.66. The molecular weight excluding hydrogens is 206 g/mol. The summed E-state index contributed by atoms with van der Waals surface area (Å²) in [6.07, 6.45) is 0.328. The zero-order valence-corrected chi connectivity index (χ0v) is 8.28. The van der Waals surface area contributed by atoms with Crippen molar-refractivity contribution < 1.29 is 13.9 Å². The van der Waals surface area contributed by atoms with Crippen molar-refractivity contribution in [2.24, 2.45) is 0 Å². The molecule has 4 heteroatoms. The molecule has 2 rings (SSSR count). The Kier molecular flexibility index (Phi) is 2.49. The highest BCUT2D eigenvalue weighted by Crippen LogP contribution is 2.32. The molecule has 1 fully saturated rings. The minimum absolute atomic E-state index is 0.328. The number of aliphatic hydroxyl groups is 1. The molecule has 1 aromatic rings. The van der Waals surface area contributed by atoms with Crippen LogP contribution in [0.5, 0.6) is 0 Å². The molecule has 0 aromatic heterocycles. The Balaban J connectivity index is 2.16. The SMILES string of the molecule is OC1(Cc2cc(F)cc(F)c2)CSC1. The Morgan fingerprint density at radius 3 is 2.21 bits per heavy atom. The number of benzene rings is 1. The highest BCUT2D eigenvalue weighted by Gasteiger charge is 2.35. The van der Waals surface area contributed by atoms with Gasteiger partial charge in [-0.2, -0.15) is 11.8 Å². The smallest absolute Gasteiger partial charge is 0.126 e. The van der Waals surface area contributed by atoms with Crippen LogP contribution in [0.15, 0.2) is 18.2 Å². The van der Waals surface area contributed by atoms with Gasteiger partial charge in [0.2, 0.25) is 0 Å². The van der Waals surface area contributed by atoms with Gasteiger partial charge in [-0.25, -0.2) is 8.78 Å². The maximum atomic E-state index is 12.8. The molecule has 1 nitrogen and oxygen atoms in total. The van der Waals surface area contributed by atoms with Crippen molar-refractivity contribution in [3.05, 3.63) is 35.4 Å². The molecule has 1 N–H and O–H groups in total. The molecule has 0 radical (unpaired) electrons. The van der Waals surface area contributed by atoms with E-state index in [9.17, 15) is 13.9 Å². The Bertz CT molecular complexity index is 330. The first-order valence-corrected chi connectivity index (χ1v) is 5.48. The number of rotatable bonds is 2. The molecule has 0 amide bonds. The van der Waals surface area contributed by atoms with Crippen LogP contribution in [0.2, 0.25) is 0 Å². The van der Waals surface area contributed by atoms with Crippen LogP contribution >= 0.6 is 11.8 Å². The molecule has 0 spiro atoms. The lowest BCUT2D eigenvalue weighted by Crippen LogP contribution is -2.45. The van der Waals surface area contributed by atoms with Gasteiger partial charge >= 0.3 is 0 Å². The summed E-state index contributed by atoms with van der Waals surface area (Å²) in [5, 5.41) is 9.78. The minimum Gasteiger partial charge on any atom is -0.388 e. The molecule has 0 atom stereocenters. The van der Waals surface area contributed by atoms with Crippen molar-refractivity contribution in [2.75, 3.05) is 11.5 Å². The number of halogens is 2. The van der Waals surface area contributed by atoms with E-state index in [1.165, 1.54) is 12.1 Å². The van der Waals surface area contributed by atoms with Gasteiger partial charge in [0.1, 0.15) is 11.6 Å². The monoisotopic (exact) mass is 216 g/mol. The quantitative estimate of drug-likeness (QED) is 0.815. The van der Waals surface area contributed by atoms with Crippen LogP contribution in [0.25, 0.3) is 0 Å². The van der Waals surface area contributed by atoms with E-state index in [-0.39, 0.29) is 0 Å². The maximum absolute atomic E-state index is 12.8. The van der Waals surface area contributed by atoms with E-state index in [1.807, 2.05) is 0 Å². The second kappa shape index (κ2) is 3.51. The third-order valence-electron chi connectivity index (χ3n) is 2.20. The average molecular weight is 216 g/mol. The van der Waals surface area contributed by atoms with E-state index in [4.69, 9.17) is 0 Å². The average Bonchev–Trinajstić information content (AvgIpc) is 1.99. The van der Waals surface area contributed by atoms with Gasteiger partial charge in [0.05, 0.1) is 5.60 Å². The summed E-state index contributed by atoms with van der Waals surface area (Å²) >= 11 is 1.63. The van der Waals surface area contributed by atoms with Crippen molar-refractivity contribution in [3.8, 4) is 0 Å². The number of hydrogen-bond acceptors (Lipinski definition) is 2. The summed E-state index contributed by atoms with van der Waals surface area (Å²) in [7, 11) is 0. The van der Waals surface area contributed by atoms with Crippen molar-refractivity contribution in [1.29, 1.82) is 0 Å². The molecule has 0 bridgehead atoms. The lowest BCUT2D eigenvalue weighted by Gasteiger charge is -2.35. The van der Waals surface area contributed by atoms with Gasteiger partial charge in [-0.05, 0) is 17.7 Å². The highest BCUT2D eigenvalue weighted by molar-refractivity contribution is 8.00. The first-order valence-electron chi connectivity index (χ1n) is 4.33. The topological polar surface area (TPSA) is 20.2 Å².